The molecule has 1 aromatic heterocycles. The first-order valence-corrected chi connectivity index (χ1v) is 4.90. The lowest BCUT2D eigenvalue weighted by molar-refractivity contribution is 0.469. The van der Waals surface area contributed by atoms with Gasteiger partial charge in [-0.25, -0.2) is 8.78 Å². The third-order valence-corrected chi connectivity index (χ3v) is 2.37. The van der Waals surface area contributed by atoms with Crippen molar-refractivity contribution in [3.8, 4) is 0 Å². The van der Waals surface area contributed by atoms with Gasteiger partial charge in [-0.2, -0.15) is 0 Å². The number of halogens is 2. The van der Waals surface area contributed by atoms with Crippen LogP contribution in [0.3, 0.4) is 0 Å². The van der Waals surface area contributed by atoms with Crippen molar-refractivity contribution in [1.29, 1.82) is 0 Å². The third-order valence-electron chi connectivity index (χ3n) is 2.37. The number of benzene rings is 1. The van der Waals surface area contributed by atoms with Crippen LogP contribution in [-0.2, 0) is 6.42 Å². The van der Waals surface area contributed by atoms with E-state index >= 15 is 0 Å². The second kappa shape index (κ2) is 4.45. The van der Waals surface area contributed by atoms with Gasteiger partial charge >= 0.3 is 0 Å². The highest BCUT2D eigenvalue weighted by atomic mass is 19.1. The van der Waals surface area contributed by atoms with Crippen molar-refractivity contribution in [2.24, 2.45) is 5.73 Å². The standard InChI is InChI=1S/C12H11F2NO/c13-9-4-1-5-10(14)12(9)11(15)7-8-3-2-6-16-8/h1-6,11H,7,15H2. The van der Waals surface area contributed by atoms with E-state index in [1.165, 1.54) is 24.5 Å². The summed E-state index contributed by atoms with van der Waals surface area (Å²) in [4.78, 5) is 0. The molecular formula is C12H11F2NO. The van der Waals surface area contributed by atoms with Crippen LogP contribution in [0.4, 0.5) is 8.78 Å². The monoisotopic (exact) mass is 223 g/mol. The largest absolute Gasteiger partial charge is 0.469 e. The van der Waals surface area contributed by atoms with Gasteiger partial charge in [-0.3, -0.25) is 0 Å². The van der Waals surface area contributed by atoms with E-state index in [-0.39, 0.29) is 12.0 Å². The van der Waals surface area contributed by atoms with Crippen molar-refractivity contribution in [2.45, 2.75) is 12.5 Å². The molecule has 2 N–H and O–H groups in total. The highest BCUT2D eigenvalue weighted by Gasteiger charge is 2.17. The fourth-order valence-electron chi connectivity index (χ4n) is 1.61. The molecule has 84 valence electrons. The third kappa shape index (κ3) is 2.12. The second-order valence-corrected chi connectivity index (χ2v) is 3.53. The topological polar surface area (TPSA) is 39.2 Å². The van der Waals surface area contributed by atoms with Gasteiger partial charge in [0.2, 0.25) is 0 Å². The SMILES string of the molecule is NC(Cc1ccco1)c1c(F)cccc1F. The van der Waals surface area contributed by atoms with Crippen molar-refractivity contribution >= 4 is 0 Å². The van der Waals surface area contributed by atoms with Gasteiger partial charge in [-0.1, -0.05) is 6.07 Å². The Hall–Kier alpha value is -1.68. The molecule has 0 saturated carbocycles. The molecule has 1 unspecified atom stereocenters. The molecule has 4 heteroatoms. The van der Waals surface area contributed by atoms with Crippen LogP contribution in [0.2, 0.25) is 0 Å². The number of hydrogen-bond acceptors (Lipinski definition) is 2. The molecule has 1 atom stereocenters. The summed E-state index contributed by atoms with van der Waals surface area (Å²) in [5.74, 6) is -0.645. The van der Waals surface area contributed by atoms with Gasteiger partial charge in [0.15, 0.2) is 0 Å². The minimum absolute atomic E-state index is 0.0982. The zero-order valence-corrected chi connectivity index (χ0v) is 8.49. The molecule has 1 heterocycles. The van der Waals surface area contributed by atoms with Crippen LogP contribution in [0, 0.1) is 11.6 Å². The molecule has 0 aliphatic heterocycles. The normalized spacial score (nSPS) is 12.7. The highest BCUT2D eigenvalue weighted by Crippen LogP contribution is 2.22. The predicted octanol–water partition coefficient (Wildman–Crippen LogP) is 2.80. The Morgan fingerprint density at radius 2 is 1.81 bits per heavy atom. The average molecular weight is 223 g/mol. The maximum atomic E-state index is 13.4. The Labute approximate surface area is 91.7 Å². The first-order valence-electron chi connectivity index (χ1n) is 4.90. The molecule has 0 aliphatic rings. The van der Waals surface area contributed by atoms with Crippen LogP contribution >= 0.6 is 0 Å². The van der Waals surface area contributed by atoms with Gasteiger partial charge in [-0.15, -0.1) is 0 Å². The lowest BCUT2D eigenvalue weighted by Gasteiger charge is -2.12. The summed E-state index contributed by atoms with van der Waals surface area (Å²) in [5, 5.41) is 0. The van der Waals surface area contributed by atoms with Crippen LogP contribution in [0.5, 0.6) is 0 Å². The highest BCUT2D eigenvalue weighted by molar-refractivity contribution is 5.24. The molecule has 0 saturated heterocycles. The minimum Gasteiger partial charge on any atom is -0.469 e. The average Bonchev–Trinajstić information content (AvgIpc) is 2.70. The van der Waals surface area contributed by atoms with Crippen molar-refractivity contribution in [3.63, 3.8) is 0 Å². The molecule has 0 radical (unpaired) electrons. The number of rotatable bonds is 3. The fraction of sp³-hybridized carbons (Fsp3) is 0.167. The second-order valence-electron chi connectivity index (χ2n) is 3.53. The summed E-state index contributed by atoms with van der Waals surface area (Å²) < 4.78 is 31.8. The van der Waals surface area contributed by atoms with Crippen molar-refractivity contribution in [3.05, 3.63) is 59.6 Å². The molecule has 2 rings (SSSR count). The van der Waals surface area contributed by atoms with E-state index in [1.54, 1.807) is 12.1 Å². The van der Waals surface area contributed by atoms with E-state index in [4.69, 9.17) is 10.2 Å². The van der Waals surface area contributed by atoms with E-state index in [0.717, 1.165) is 0 Å². The van der Waals surface area contributed by atoms with Crippen LogP contribution in [-0.4, -0.2) is 0 Å². The van der Waals surface area contributed by atoms with Gasteiger partial charge in [0, 0.05) is 18.0 Å². The van der Waals surface area contributed by atoms with Gasteiger partial charge in [0.1, 0.15) is 17.4 Å². The fourth-order valence-corrected chi connectivity index (χ4v) is 1.61. The first kappa shape index (κ1) is 10.8. The van der Waals surface area contributed by atoms with E-state index in [0.29, 0.717) is 5.76 Å². The van der Waals surface area contributed by atoms with Gasteiger partial charge in [-0.05, 0) is 24.3 Å². The van der Waals surface area contributed by atoms with Crippen molar-refractivity contribution in [2.75, 3.05) is 0 Å². The lowest BCUT2D eigenvalue weighted by atomic mass is 10.0. The molecule has 0 bridgehead atoms. The van der Waals surface area contributed by atoms with Crippen LogP contribution < -0.4 is 5.73 Å². The van der Waals surface area contributed by atoms with Crippen molar-refractivity contribution < 1.29 is 13.2 Å². The molecule has 0 spiro atoms. The Kier molecular flexibility index (Phi) is 3.01. The zero-order chi connectivity index (χ0) is 11.5. The summed E-state index contributed by atoms with van der Waals surface area (Å²) in [6, 6.07) is 6.39. The molecule has 16 heavy (non-hydrogen) atoms. The smallest absolute Gasteiger partial charge is 0.130 e. The van der Waals surface area contributed by atoms with E-state index < -0.39 is 17.7 Å². The van der Waals surface area contributed by atoms with Crippen LogP contribution in [0.1, 0.15) is 17.4 Å². The van der Waals surface area contributed by atoms with Crippen molar-refractivity contribution in [1.82, 2.24) is 0 Å². The molecule has 1 aromatic carbocycles. The summed E-state index contributed by atoms with van der Waals surface area (Å²) in [5.41, 5.74) is 5.65. The molecule has 2 aromatic rings. The molecule has 0 aliphatic carbocycles. The maximum Gasteiger partial charge on any atom is 0.130 e. The Morgan fingerprint density at radius 3 is 2.38 bits per heavy atom. The van der Waals surface area contributed by atoms with Crippen LogP contribution in [0.15, 0.2) is 41.0 Å². The van der Waals surface area contributed by atoms with E-state index in [2.05, 4.69) is 0 Å². The van der Waals surface area contributed by atoms with E-state index in [9.17, 15) is 8.78 Å². The Balaban J connectivity index is 2.24. The Bertz CT molecular complexity index is 448. The first-order chi connectivity index (χ1) is 7.68. The van der Waals surface area contributed by atoms with Gasteiger partial charge < -0.3 is 10.2 Å². The quantitative estimate of drug-likeness (QED) is 0.868. The summed E-state index contributed by atoms with van der Waals surface area (Å²) >= 11 is 0. The molecular weight excluding hydrogens is 212 g/mol. The molecule has 0 amide bonds. The van der Waals surface area contributed by atoms with Gasteiger partial charge in [0.05, 0.1) is 6.26 Å². The predicted molar refractivity (Wildman–Crippen MR) is 55.7 cm³/mol. The molecule has 0 fully saturated rings. The van der Waals surface area contributed by atoms with Crippen LogP contribution in [0.25, 0.3) is 0 Å². The zero-order valence-electron chi connectivity index (χ0n) is 8.49. The number of hydrogen-bond donors (Lipinski definition) is 1. The Morgan fingerprint density at radius 1 is 1.12 bits per heavy atom. The summed E-state index contributed by atoms with van der Waals surface area (Å²) in [7, 11) is 0. The minimum atomic E-state index is -0.743. The molecule has 2 nitrogen and oxygen atoms in total. The lowest BCUT2D eigenvalue weighted by Crippen LogP contribution is -2.16. The number of nitrogens with two attached hydrogens (primary N) is 1. The summed E-state index contributed by atoms with van der Waals surface area (Å²) in [6.07, 6.45) is 1.77. The van der Waals surface area contributed by atoms with Gasteiger partial charge in [0.25, 0.3) is 0 Å². The maximum absolute atomic E-state index is 13.4. The summed E-state index contributed by atoms with van der Waals surface area (Å²) in [6.45, 7) is 0. The number of furan rings is 1. The van der Waals surface area contributed by atoms with E-state index in [1.807, 2.05) is 0 Å².